The summed E-state index contributed by atoms with van der Waals surface area (Å²) in [6.45, 7) is 2.41. The Hall–Kier alpha value is -6.64. The number of rotatable bonds is 4. The Morgan fingerprint density at radius 1 is 0.436 bits per heavy atom. The van der Waals surface area contributed by atoms with Crippen LogP contribution in [-0.4, -0.2) is 0 Å². The first kappa shape index (κ1) is 31.8. The smallest absolute Gasteiger partial charge is 0.0773 e. The minimum atomic E-state index is 0.0555. The van der Waals surface area contributed by atoms with Crippen molar-refractivity contribution >= 4 is 11.4 Å². The first-order valence-electron chi connectivity index (χ1n) is 19.5. The Balaban J connectivity index is 1.03. The molecule has 55 heavy (non-hydrogen) atoms. The van der Waals surface area contributed by atoms with Gasteiger partial charge in [0.1, 0.15) is 0 Å². The molecule has 1 aliphatic heterocycles. The van der Waals surface area contributed by atoms with Crippen molar-refractivity contribution in [3.8, 4) is 55.6 Å². The van der Waals surface area contributed by atoms with E-state index in [4.69, 9.17) is 5.73 Å². The van der Waals surface area contributed by atoms with Gasteiger partial charge in [-0.15, -0.1) is 0 Å². The van der Waals surface area contributed by atoms with E-state index in [2.05, 4.69) is 188 Å². The number of nitrogen functional groups attached to an aromatic ring is 1. The van der Waals surface area contributed by atoms with Crippen molar-refractivity contribution in [3.05, 3.63) is 215 Å². The molecule has 0 fully saturated rings. The quantitative estimate of drug-likeness (QED) is 0.179. The van der Waals surface area contributed by atoms with E-state index in [1.807, 2.05) is 0 Å². The van der Waals surface area contributed by atoms with E-state index in [1.165, 1.54) is 89.1 Å². The molecule has 2 heteroatoms. The zero-order chi connectivity index (χ0) is 36.6. The van der Waals surface area contributed by atoms with Gasteiger partial charge in [-0.05, 0) is 114 Å². The second-order valence-electron chi connectivity index (χ2n) is 15.5. The molecule has 0 radical (unpaired) electrons. The molecule has 262 valence electrons. The van der Waals surface area contributed by atoms with Gasteiger partial charge in [0.15, 0.2) is 0 Å². The highest BCUT2D eigenvalue weighted by Crippen LogP contribution is 2.54. The molecule has 0 amide bonds. The van der Waals surface area contributed by atoms with Crippen LogP contribution in [0.2, 0.25) is 0 Å². The number of nitrogens with one attached hydrogen (secondary N) is 1. The maximum atomic E-state index is 7.00. The summed E-state index contributed by atoms with van der Waals surface area (Å²) >= 11 is 0. The number of hydrogen-bond acceptors (Lipinski definition) is 2. The molecule has 11 rings (SSSR count). The topological polar surface area (TPSA) is 38.0 Å². The van der Waals surface area contributed by atoms with Crippen molar-refractivity contribution in [2.75, 3.05) is 11.1 Å². The molecule has 3 atom stereocenters. The minimum Gasteiger partial charge on any atom is -0.398 e. The van der Waals surface area contributed by atoms with Crippen LogP contribution < -0.4 is 11.1 Å². The highest BCUT2D eigenvalue weighted by atomic mass is 14.9. The van der Waals surface area contributed by atoms with E-state index >= 15 is 0 Å². The van der Waals surface area contributed by atoms with Crippen molar-refractivity contribution in [1.82, 2.24) is 0 Å². The molecular formula is C53H40N2. The van der Waals surface area contributed by atoms with E-state index in [1.54, 1.807) is 0 Å². The van der Waals surface area contributed by atoms with Crippen LogP contribution in [0, 0.1) is 0 Å². The van der Waals surface area contributed by atoms with Gasteiger partial charge in [-0.2, -0.15) is 0 Å². The fourth-order valence-corrected chi connectivity index (χ4v) is 9.93. The number of fused-ring (bicyclic) bond motifs is 9. The standard InChI is InChI=1S/C53H40N2/c1-32-46-30-49(41-18-8-7-16-38(41)33-13-3-2-4-14-33)50(54)31-48(46)42-19-9-10-21-44(42)52(32)35-23-26-45-47(29-35)43-20-11-12-22-51(43)55-53(45)36-24-25-40-37(28-36)27-34-15-5-6-17-39(34)40/h2-26,28-32,52-53,55H,27,54H2,1H3. The lowest BCUT2D eigenvalue weighted by Gasteiger charge is -2.36. The summed E-state index contributed by atoms with van der Waals surface area (Å²) in [5.41, 5.74) is 30.9. The lowest BCUT2D eigenvalue weighted by Crippen LogP contribution is -2.20. The molecule has 3 unspecified atom stereocenters. The van der Waals surface area contributed by atoms with Crippen molar-refractivity contribution in [1.29, 1.82) is 0 Å². The molecular weight excluding hydrogens is 665 g/mol. The van der Waals surface area contributed by atoms with Crippen LogP contribution >= 0.6 is 0 Å². The lowest BCUT2D eigenvalue weighted by molar-refractivity contribution is 0.649. The predicted octanol–water partition coefficient (Wildman–Crippen LogP) is 13.3. The Morgan fingerprint density at radius 2 is 1.09 bits per heavy atom. The molecule has 2 nitrogen and oxygen atoms in total. The third kappa shape index (κ3) is 5.02. The molecule has 3 aliphatic rings. The maximum absolute atomic E-state index is 7.00. The highest BCUT2D eigenvalue weighted by molar-refractivity contribution is 5.93. The molecule has 0 bridgehead atoms. The normalized spacial score (nSPS) is 17.1. The van der Waals surface area contributed by atoms with Gasteiger partial charge in [-0.3, -0.25) is 0 Å². The van der Waals surface area contributed by atoms with Crippen LogP contribution in [0.1, 0.15) is 63.7 Å². The van der Waals surface area contributed by atoms with Crippen LogP contribution in [0.4, 0.5) is 11.4 Å². The molecule has 1 heterocycles. The summed E-state index contributed by atoms with van der Waals surface area (Å²) in [4.78, 5) is 0. The molecule has 0 aromatic heterocycles. The van der Waals surface area contributed by atoms with Crippen molar-refractivity contribution < 1.29 is 0 Å². The average Bonchev–Trinajstić information content (AvgIpc) is 3.62. The Labute approximate surface area is 323 Å². The van der Waals surface area contributed by atoms with E-state index in [-0.39, 0.29) is 17.9 Å². The molecule has 8 aromatic rings. The zero-order valence-corrected chi connectivity index (χ0v) is 30.8. The molecule has 8 aromatic carbocycles. The third-order valence-electron chi connectivity index (χ3n) is 12.5. The van der Waals surface area contributed by atoms with Gasteiger partial charge in [-0.1, -0.05) is 165 Å². The largest absolute Gasteiger partial charge is 0.398 e. The van der Waals surface area contributed by atoms with Gasteiger partial charge < -0.3 is 11.1 Å². The van der Waals surface area contributed by atoms with E-state index in [0.717, 1.165) is 23.2 Å². The summed E-state index contributed by atoms with van der Waals surface area (Å²) < 4.78 is 0. The lowest BCUT2D eigenvalue weighted by atomic mass is 9.68. The summed E-state index contributed by atoms with van der Waals surface area (Å²) in [5, 5.41) is 3.95. The van der Waals surface area contributed by atoms with E-state index in [9.17, 15) is 0 Å². The first-order valence-corrected chi connectivity index (χ1v) is 19.5. The summed E-state index contributed by atoms with van der Waals surface area (Å²) in [6, 6.07) is 65.0. The molecule has 0 spiro atoms. The average molecular weight is 705 g/mol. The Morgan fingerprint density at radius 3 is 1.95 bits per heavy atom. The fraction of sp³-hybridized carbons (Fsp3) is 0.0943. The zero-order valence-electron chi connectivity index (χ0n) is 30.8. The van der Waals surface area contributed by atoms with Crippen LogP contribution in [0.3, 0.4) is 0 Å². The third-order valence-corrected chi connectivity index (χ3v) is 12.5. The SMILES string of the molecule is CC1c2cc(-c3ccccc3-c3ccccc3)c(N)cc2-c2ccccc2C1c1ccc2c(c1)-c1ccccc1NC2c1ccc2c(c1)Cc1ccccc1-2. The summed E-state index contributed by atoms with van der Waals surface area (Å²) in [7, 11) is 0. The number of hydrogen-bond donors (Lipinski definition) is 2. The maximum Gasteiger partial charge on any atom is 0.0773 e. The minimum absolute atomic E-state index is 0.0555. The number of anilines is 2. The van der Waals surface area contributed by atoms with Gasteiger partial charge in [-0.25, -0.2) is 0 Å². The van der Waals surface area contributed by atoms with Crippen LogP contribution in [0.5, 0.6) is 0 Å². The Bertz CT molecular complexity index is 2810. The Kier molecular flexibility index (Phi) is 7.22. The van der Waals surface area contributed by atoms with Gasteiger partial charge in [0.2, 0.25) is 0 Å². The summed E-state index contributed by atoms with van der Waals surface area (Å²) in [5.74, 6) is 0.395. The van der Waals surface area contributed by atoms with Gasteiger partial charge >= 0.3 is 0 Å². The van der Waals surface area contributed by atoms with E-state index in [0.29, 0.717) is 0 Å². The van der Waals surface area contributed by atoms with Crippen molar-refractivity contribution in [3.63, 3.8) is 0 Å². The summed E-state index contributed by atoms with van der Waals surface area (Å²) in [6.07, 6.45) is 0.986. The monoisotopic (exact) mass is 704 g/mol. The van der Waals surface area contributed by atoms with Gasteiger partial charge in [0.25, 0.3) is 0 Å². The van der Waals surface area contributed by atoms with E-state index < -0.39 is 0 Å². The fourth-order valence-electron chi connectivity index (χ4n) is 9.93. The van der Waals surface area contributed by atoms with Crippen LogP contribution in [0.15, 0.2) is 176 Å². The second-order valence-corrected chi connectivity index (χ2v) is 15.5. The molecule has 2 aliphatic carbocycles. The first-order chi connectivity index (χ1) is 27.1. The second kappa shape index (κ2) is 12.5. The molecule has 3 N–H and O–H groups in total. The van der Waals surface area contributed by atoms with Crippen LogP contribution in [0.25, 0.3) is 55.6 Å². The predicted molar refractivity (Wildman–Crippen MR) is 229 cm³/mol. The number of para-hydroxylation sites is 1. The number of benzene rings is 8. The highest BCUT2D eigenvalue weighted by Gasteiger charge is 2.35. The number of nitrogens with two attached hydrogens (primary N) is 1. The van der Waals surface area contributed by atoms with Crippen molar-refractivity contribution in [2.45, 2.75) is 31.2 Å². The van der Waals surface area contributed by atoms with Crippen molar-refractivity contribution in [2.24, 2.45) is 0 Å². The molecule has 0 saturated heterocycles. The van der Waals surface area contributed by atoms with Crippen LogP contribution in [-0.2, 0) is 6.42 Å². The van der Waals surface area contributed by atoms with Gasteiger partial charge in [0, 0.05) is 28.4 Å². The van der Waals surface area contributed by atoms with Gasteiger partial charge in [0.05, 0.1) is 6.04 Å². The molecule has 0 saturated carbocycles.